The summed E-state index contributed by atoms with van der Waals surface area (Å²) in [6.45, 7) is 5.26. The van der Waals surface area contributed by atoms with Crippen molar-refractivity contribution < 1.29 is 8.42 Å². The van der Waals surface area contributed by atoms with Gasteiger partial charge < -0.3 is 10.2 Å². The van der Waals surface area contributed by atoms with Crippen LogP contribution < -0.4 is 5.32 Å². The Morgan fingerprint density at radius 3 is 2.47 bits per heavy atom. The fourth-order valence-corrected chi connectivity index (χ4v) is 4.16. The van der Waals surface area contributed by atoms with E-state index in [-0.39, 0.29) is 6.04 Å². The van der Waals surface area contributed by atoms with Crippen molar-refractivity contribution in [1.82, 2.24) is 10.2 Å². The quantitative estimate of drug-likeness (QED) is 0.794. The molecule has 102 valence electrons. The standard InChI is InChI=1S/C12H26N2O2S/c1-10(2)12(14(3)4)8-13-11-6-5-7-17(15,16)9-11/h10-13H,5-9H2,1-4H3. The Morgan fingerprint density at radius 2 is 2.00 bits per heavy atom. The Hall–Kier alpha value is -0.130. The maximum absolute atomic E-state index is 11.5. The van der Waals surface area contributed by atoms with E-state index in [1.165, 1.54) is 0 Å². The molecular formula is C12H26N2O2S. The van der Waals surface area contributed by atoms with Gasteiger partial charge in [-0.05, 0) is 32.9 Å². The molecule has 0 aliphatic carbocycles. The molecule has 5 heteroatoms. The van der Waals surface area contributed by atoms with E-state index >= 15 is 0 Å². The van der Waals surface area contributed by atoms with Gasteiger partial charge in [0.05, 0.1) is 11.5 Å². The molecule has 4 nitrogen and oxygen atoms in total. The SMILES string of the molecule is CC(C)C(CNC1CCCS(=O)(=O)C1)N(C)C. The molecule has 2 unspecified atom stereocenters. The fraction of sp³-hybridized carbons (Fsp3) is 1.00. The van der Waals surface area contributed by atoms with Crippen LogP contribution in [-0.4, -0.2) is 57.5 Å². The van der Waals surface area contributed by atoms with Crippen molar-refractivity contribution in [2.45, 2.75) is 38.8 Å². The zero-order chi connectivity index (χ0) is 13.1. The van der Waals surface area contributed by atoms with Gasteiger partial charge >= 0.3 is 0 Å². The maximum Gasteiger partial charge on any atom is 0.151 e. The van der Waals surface area contributed by atoms with Crippen LogP contribution >= 0.6 is 0 Å². The third-order valence-corrected chi connectivity index (χ3v) is 5.33. The highest BCUT2D eigenvalue weighted by Crippen LogP contribution is 2.13. The van der Waals surface area contributed by atoms with Crippen LogP contribution in [0.25, 0.3) is 0 Å². The molecule has 1 saturated heterocycles. The van der Waals surface area contributed by atoms with E-state index in [0.717, 1.165) is 19.4 Å². The maximum atomic E-state index is 11.5. The second-order valence-corrected chi connectivity index (χ2v) is 7.87. The molecule has 1 aliphatic heterocycles. The molecule has 0 aromatic rings. The molecule has 1 fully saturated rings. The zero-order valence-electron chi connectivity index (χ0n) is 11.4. The fourth-order valence-electron chi connectivity index (χ4n) is 2.49. The lowest BCUT2D eigenvalue weighted by Crippen LogP contribution is -2.48. The van der Waals surface area contributed by atoms with E-state index in [2.05, 4.69) is 38.2 Å². The lowest BCUT2D eigenvalue weighted by Gasteiger charge is -2.31. The molecule has 17 heavy (non-hydrogen) atoms. The van der Waals surface area contributed by atoms with Gasteiger partial charge in [-0.1, -0.05) is 13.8 Å². The minimum absolute atomic E-state index is 0.148. The van der Waals surface area contributed by atoms with Crippen LogP contribution in [0.5, 0.6) is 0 Å². The topological polar surface area (TPSA) is 49.4 Å². The van der Waals surface area contributed by atoms with Crippen LogP contribution in [0.3, 0.4) is 0 Å². The van der Waals surface area contributed by atoms with Gasteiger partial charge in [-0.3, -0.25) is 0 Å². The molecule has 0 spiro atoms. The summed E-state index contributed by atoms with van der Waals surface area (Å²) >= 11 is 0. The Labute approximate surface area is 106 Å². The van der Waals surface area contributed by atoms with Crippen LogP contribution in [0.15, 0.2) is 0 Å². The summed E-state index contributed by atoms with van der Waals surface area (Å²) in [6.07, 6.45) is 1.78. The van der Waals surface area contributed by atoms with E-state index < -0.39 is 9.84 Å². The van der Waals surface area contributed by atoms with E-state index in [4.69, 9.17) is 0 Å². The Balaban J connectivity index is 2.44. The normalized spacial score (nSPS) is 26.4. The number of rotatable bonds is 5. The number of hydrogen-bond acceptors (Lipinski definition) is 4. The first-order valence-electron chi connectivity index (χ1n) is 6.42. The molecule has 1 N–H and O–H groups in total. The number of sulfone groups is 1. The molecular weight excluding hydrogens is 236 g/mol. The third kappa shape index (κ3) is 4.94. The van der Waals surface area contributed by atoms with E-state index in [1.807, 2.05) is 0 Å². The van der Waals surface area contributed by atoms with Gasteiger partial charge in [0, 0.05) is 18.6 Å². The highest BCUT2D eigenvalue weighted by atomic mass is 32.2. The van der Waals surface area contributed by atoms with Crippen LogP contribution in [-0.2, 0) is 9.84 Å². The van der Waals surface area contributed by atoms with Crippen molar-refractivity contribution in [3.05, 3.63) is 0 Å². The van der Waals surface area contributed by atoms with Crippen molar-refractivity contribution in [2.75, 3.05) is 32.1 Å². The molecule has 0 aromatic heterocycles. The highest BCUT2D eigenvalue weighted by Gasteiger charge is 2.25. The monoisotopic (exact) mass is 262 g/mol. The molecule has 0 radical (unpaired) electrons. The van der Waals surface area contributed by atoms with Gasteiger partial charge in [0.2, 0.25) is 0 Å². The summed E-state index contributed by atoms with van der Waals surface area (Å²) in [6, 6.07) is 0.606. The Morgan fingerprint density at radius 1 is 1.35 bits per heavy atom. The number of nitrogens with zero attached hydrogens (tertiary/aromatic N) is 1. The van der Waals surface area contributed by atoms with Crippen molar-refractivity contribution in [3.8, 4) is 0 Å². The van der Waals surface area contributed by atoms with Crippen molar-refractivity contribution in [3.63, 3.8) is 0 Å². The summed E-state index contributed by atoms with van der Waals surface area (Å²) in [7, 11) is 1.35. The second kappa shape index (κ2) is 6.16. The number of nitrogens with one attached hydrogen (secondary N) is 1. The molecule has 0 aromatic carbocycles. The lowest BCUT2D eigenvalue weighted by molar-refractivity contribution is 0.218. The van der Waals surface area contributed by atoms with Gasteiger partial charge in [-0.25, -0.2) is 8.42 Å². The first-order valence-corrected chi connectivity index (χ1v) is 8.24. The zero-order valence-corrected chi connectivity index (χ0v) is 12.3. The molecule has 1 heterocycles. The molecule has 2 atom stereocenters. The molecule has 0 saturated carbocycles. The van der Waals surface area contributed by atoms with Gasteiger partial charge in [-0.2, -0.15) is 0 Å². The summed E-state index contributed by atoms with van der Waals surface area (Å²) in [5, 5.41) is 3.42. The minimum atomic E-state index is -2.80. The van der Waals surface area contributed by atoms with Crippen molar-refractivity contribution in [1.29, 1.82) is 0 Å². The molecule has 0 bridgehead atoms. The van der Waals surface area contributed by atoms with E-state index in [0.29, 0.717) is 23.5 Å². The molecule has 1 aliphatic rings. The Bertz CT molecular complexity index is 317. The second-order valence-electron chi connectivity index (χ2n) is 5.64. The van der Waals surface area contributed by atoms with Gasteiger partial charge in [0.25, 0.3) is 0 Å². The van der Waals surface area contributed by atoms with E-state index in [1.54, 1.807) is 0 Å². The number of hydrogen-bond donors (Lipinski definition) is 1. The minimum Gasteiger partial charge on any atom is -0.311 e. The van der Waals surface area contributed by atoms with Gasteiger partial charge in [-0.15, -0.1) is 0 Å². The summed E-state index contributed by atoms with van der Waals surface area (Å²) in [5.41, 5.74) is 0. The molecule has 1 rings (SSSR count). The van der Waals surface area contributed by atoms with Gasteiger partial charge in [0.1, 0.15) is 0 Å². The predicted octanol–water partition coefficient (Wildman–Crippen LogP) is 0.739. The lowest BCUT2D eigenvalue weighted by atomic mass is 10.0. The predicted molar refractivity (Wildman–Crippen MR) is 72.0 cm³/mol. The smallest absolute Gasteiger partial charge is 0.151 e. The summed E-state index contributed by atoms with van der Waals surface area (Å²) in [4.78, 5) is 2.20. The average molecular weight is 262 g/mol. The van der Waals surface area contributed by atoms with Crippen LogP contribution in [0.1, 0.15) is 26.7 Å². The van der Waals surface area contributed by atoms with E-state index in [9.17, 15) is 8.42 Å². The third-order valence-electron chi connectivity index (χ3n) is 3.51. The molecule has 0 amide bonds. The first kappa shape index (κ1) is 14.9. The van der Waals surface area contributed by atoms with Crippen LogP contribution in [0, 0.1) is 5.92 Å². The largest absolute Gasteiger partial charge is 0.311 e. The first-order chi connectivity index (χ1) is 7.82. The van der Waals surface area contributed by atoms with Crippen molar-refractivity contribution in [2.24, 2.45) is 5.92 Å². The average Bonchev–Trinajstić information content (AvgIpc) is 2.15. The van der Waals surface area contributed by atoms with Crippen LogP contribution in [0.4, 0.5) is 0 Å². The summed E-state index contributed by atoms with van der Waals surface area (Å²) in [5.74, 6) is 1.25. The van der Waals surface area contributed by atoms with Crippen LogP contribution in [0.2, 0.25) is 0 Å². The summed E-state index contributed by atoms with van der Waals surface area (Å²) < 4.78 is 23.0. The highest BCUT2D eigenvalue weighted by molar-refractivity contribution is 7.91. The van der Waals surface area contributed by atoms with Gasteiger partial charge in [0.15, 0.2) is 9.84 Å². The Kier molecular flexibility index (Phi) is 5.41. The number of likely N-dealkylation sites (N-methyl/N-ethyl adjacent to an activating group) is 1. The van der Waals surface area contributed by atoms with Crippen molar-refractivity contribution >= 4 is 9.84 Å².